The second kappa shape index (κ2) is 9.56. The highest BCUT2D eigenvalue weighted by Gasteiger charge is 2.23. The minimum absolute atomic E-state index is 0.0790. The van der Waals surface area contributed by atoms with Crippen molar-refractivity contribution in [3.05, 3.63) is 65.6 Å². The lowest BCUT2D eigenvalue weighted by atomic mass is 10.2. The van der Waals surface area contributed by atoms with E-state index in [1.165, 1.54) is 0 Å². The molecule has 0 aliphatic carbocycles. The first-order valence-electron chi connectivity index (χ1n) is 10.4. The predicted molar refractivity (Wildman–Crippen MR) is 117 cm³/mol. The highest BCUT2D eigenvalue weighted by molar-refractivity contribution is 5.98. The number of carbonyl (C=O) groups is 1. The Morgan fingerprint density at radius 1 is 1.10 bits per heavy atom. The van der Waals surface area contributed by atoms with E-state index in [1.807, 2.05) is 52.8 Å². The zero-order valence-corrected chi connectivity index (χ0v) is 17.9. The lowest BCUT2D eigenvalue weighted by molar-refractivity contribution is 0.0951. The van der Waals surface area contributed by atoms with Crippen molar-refractivity contribution in [3.63, 3.8) is 0 Å². The molecular weight excluding hydrogens is 362 g/mol. The summed E-state index contributed by atoms with van der Waals surface area (Å²) in [6, 6.07) is 12.1. The van der Waals surface area contributed by atoms with Gasteiger partial charge in [-0.3, -0.25) is 4.79 Å². The molecule has 154 valence electrons. The van der Waals surface area contributed by atoms with E-state index >= 15 is 0 Å². The Bertz CT molecular complexity index is 938. The van der Waals surface area contributed by atoms with Crippen LogP contribution in [0.2, 0.25) is 0 Å². The first-order chi connectivity index (χ1) is 14.0. The summed E-state index contributed by atoms with van der Waals surface area (Å²) in [5.41, 5.74) is 3.43. The maximum atomic E-state index is 13.1. The summed E-state index contributed by atoms with van der Waals surface area (Å²) in [5.74, 6) is 0.684. The van der Waals surface area contributed by atoms with Crippen molar-refractivity contribution in [1.29, 1.82) is 0 Å². The zero-order chi connectivity index (χ0) is 20.8. The Morgan fingerprint density at radius 3 is 2.48 bits per heavy atom. The molecule has 1 aromatic carbocycles. The summed E-state index contributed by atoms with van der Waals surface area (Å²) >= 11 is 0. The molecule has 0 aliphatic heterocycles. The molecule has 0 saturated heterocycles. The number of rotatable bonds is 9. The van der Waals surface area contributed by atoms with Crippen molar-refractivity contribution in [2.45, 2.75) is 34.1 Å². The van der Waals surface area contributed by atoms with Gasteiger partial charge in [0.05, 0.1) is 11.4 Å². The van der Waals surface area contributed by atoms with Gasteiger partial charge in [-0.25, -0.2) is 4.68 Å². The van der Waals surface area contributed by atoms with Crippen molar-refractivity contribution in [2.24, 2.45) is 0 Å². The number of carbonyl (C=O) groups excluding carboxylic acids is 1. The van der Waals surface area contributed by atoms with E-state index in [2.05, 4.69) is 43.1 Å². The van der Waals surface area contributed by atoms with Crippen LogP contribution in [0.4, 0.5) is 0 Å². The Labute approximate surface area is 173 Å². The Balaban J connectivity index is 1.88. The molecule has 0 atom stereocenters. The van der Waals surface area contributed by atoms with Gasteiger partial charge in [0.2, 0.25) is 0 Å². The van der Waals surface area contributed by atoms with E-state index in [0.717, 1.165) is 48.8 Å². The average molecular weight is 394 g/mol. The van der Waals surface area contributed by atoms with E-state index in [1.54, 1.807) is 0 Å². The maximum absolute atomic E-state index is 13.1. The first-order valence-corrected chi connectivity index (χ1v) is 10.4. The zero-order valence-electron chi connectivity index (χ0n) is 17.9. The fourth-order valence-electron chi connectivity index (χ4n) is 3.57. The van der Waals surface area contributed by atoms with Gasteiger partial charge in [-0.15, -0.1) is 0 Å². The van der Waals surface area contributed by atoms with Crippen molar-refractivity contribution in [3.8, 4) is 11.5 Å². The van der Waals surface area contributed by atoms with Crippen LogP contribution in [-0.4, -0.2) is 51.3 Å². The van der Waals surface area contributed by atoms with Crippen molar-refractivity contribution in [1.82, 2.24) is 24.6 Å². The monoisotopic (exact) mass is 393 g/mol. The molecule has 0 radical (unpaired) electrons. The van der Waals surface area contributed by atoms with Gasteiger partial charge < -0.3 is 14.8 Å². The van der Waals surface area contributed by atoms with E-state index < -0.39 is 0 Å². The minimum atomic E-state index is -0.0790. The third kappa shape index (κ3) is 4.77. The second-order valence-electron chi connectivity index (χ2n) is 7.26. The molecule has 6 heteroatoms. The number of aromatic nitrogens is 3. The largest absolute Gasteiger partial charge is 0.352 e. The third-order valence-electron chi connectivity index (χ3n) is 5.19. The third-order valence-corrected chi connectivity index (χ3v) is 5.19. The standard InChI is InChI=1S/C23H31N5O/c1-5-26(6-2)14-10-13-24-22(29)21-19(4)25-28(20-12-9-11-18(3)17-20)23(21)27-15-7-8-16-27/h7-9,11-12,15-17H,5-6,10,13-14H2,1-4H3,(H,24,29). The second-order valence-corrected chi connectivity index (χ2v) is 7.26. The number of hydrogen-bond donors (Lipinski definition) is 1. The fraction of sp³-hybridized carbons (Fsp3) is 0.391. The Hall–Kier alpha value is -2.86. The molecule has 29 heavy (non-hydrogen) atoms. The van der Waals surface area contributed by atoms with Gasteiger partial charge in [-0.2, -0.15) is 5.10 Å². The number of hydrogen-bond acceptors (Lipinski definition) is 3. The van der Waals surface area contributed by atoms with E-state index in [9.17, 15) is 4.79 Å². The van der Waals surface area contributed by atoms with Gasteiger partial charge in [-0.05, 0) is 69.7 Å². The van der Waals surface area contributed by atoms with Crippen molar-refractivity contribution in [2.75, 3.05) is 26.2 Å². The number of aryl methyl sites for hydroxylation is 2. The highest BCUT2D eigenvalue weighted by atomic mass is 16.1. The molecule has 2 heterocycles. The number of benzene rings is 1. The molecule has 0 spiro atoms. The quantitative estimate of drug-likeness (QED) is 0.564. The van der Waals surface area contributed by atoms with Gasteiger partial charge in [0.15, 0.2) is 5.82 Å². The summed E-state index contributed by atoms with van der Waals surface area (Å²) in [4.78, 5) is 15.4. The van der Waals surface area contributed by atoms with Crippen LogP contribution in [0.1, 0.15) is 41.9 Å². The van der Waals surface area contributed by atoms with Crippen LogP contribution in [-0.2, 0) is 0 Å². The first kappa shape index (κ1) is 20.9. The molecule has 0 fully saturated rings. The van der Waals surface area contributed by atoms with E-state index in [-0.39, 0.29) is 5.91 Å². The maximum Gasteiger partial charge on any atom is 0.256 e. The van der Waals surface area contributed by atoms with Crippen LogP contribution in [0.3, 0.4) is 0 Å². The Kier molecular flexibility index (Phi) is 6.88. The molecule has 0 saturated carbocycles. The van der Waals surface area contributed by atoms with Gasteiger partial charge in [0.25, 0.3) is 5.91 Å². The normalized spacial score (nSPS) is 11.2. The van der Waals surface area contributed by atoms with Gasteiger partial charge in [0.1, 0.15) is 5.56 Å². The molecule has 1 N–H and O–H groups in total. The molecule has 0 aliphatic rings. The van der Waals surface area contributed by atoms with Crippen LogP contribution < -0.4 is 5.32 Å². The molecular formula is C23H31N5O. The van der Waals surface area contributed by atoms with E-state index in [4.69, 9.17) is 5.10 Å². The van der Waals surface area contributed by atoms with Crippen LogP contribution in [0, 0.1) is 13.8 Å². The number of nitrogens with zero attached hydrogens (tertiary/aromatic N) is 4. The van der Waals surface area contributed by atoms with Gasteiger partial charge in [-0.1, -0.05) is 26.0 Å². The minimum Gasteiger partial charge on any atom is -0.352 e. The van der Waals surface area contributed by atoms with Crippen LogP contribution in [0.5, 0.6) is 0 Å². The van der Waals surface area contributed by atoms with Crippen LogP contribution >= 0.6 is 0 Å². The topological polar surface area (TPSA) is 55.1 Å². The number of amides is 1. The summed E-state index contributed by atoms with van der Waals surface area (Å²) in [7, 11) is 0. The predicted octanol–water partition coefficient (Wildman–Crippen LogP) is 3.74. The number of nitrogens with one attached hydrogen (secondary N) is 1. The summed E-state index contributed by atoms with van der Waals surface area (Å²) in [5, 5.41) is 7.80. The molecule has 0 bridgehead atoms. The summed E-state index contributed by atoms with van der Waals surface area (Å²) in [6.07, 6.45) is 4.82. The molecule has 0 unspecified atom stereocenters. The SMILES string of the molecule is CCN(CC)CCCNC(=O)c1c(C)nn(-c2cccc(C)c2)c1-n1cccc1. The molecule has 2 aromatic heterocycles. The lowest BCUT2D eigenvalue weighted by Crippen LogP contribution is -2.30. The molecule has 6 nitrogen and oxygen atoms in total. The molecule has 1 amide bonds. The fourth-order valence-corrected chi connectivity index (χ4v) is 3.57. The van der Waals surface area contributed by atoms with Crippen molar-refractivity contribution >= 4 is 5.91 Å². The highest BCUT2D eigenvalue weighted by Crippen LogP contribution is 2.23. The van der Waals surface area contributed by atoms with Crippen LogP contribution in [0.15, 0.2) is 48.8 Å². The molecule has 3 aromatic rings. The average Bonchev–Trinajstić information content (AvgIpc) is 3.35. The summed E-state index contributed by atoms with van der Waals surface area (Å²) in [6.45, 7) is 12.0. The van der Waals surface area contributed by atoms with Crippen LogP contribution in [0.25, 0.3) is 11.5 Å². The van der Waals surface area contributed by atoms with Gasteiger partial charge in [0, 0.05) is 18.9 Å². The van der Waals surface area contributed by atoms with Gasteiger partial charge >= 0.3 is 0 Å². The summed E-state index contributed by atoms with van der Waals surface area (Å²) < 4.78 is 3.81. The smallest absolute Gasteiger partial charge is 0.256 e. The molecule has 3 rings (SSSR count). The van der Waals surface area contributed by atoms with Crippen molar-refractivity contribution < 1.29 is 4.79 Å². The lowest BCUT2D eigenvalue weighted by Gasteiger charge is -2.17. The Morgan fingerprint density at radius 2 is 1.83 bits per heavy atom. The van der Waals surface area contributed by atoms with E-state index in [0.29, 0.717) is 12.1 Å².